The number of nitrogens with zero attached hydrogens (tertiary/aromatic N) is 3. The lowest BCUT2D eigenvalue weighted by molar-refractivity contribution is -0.121. The van der Waals surface area contributed by atoms with Crippen LogP contribution in [-0.4, -0.2) is 51.4 Å². The monoisotopic (exact) mass is 328 g/mol. The Bertz CT molecular complexity index is 630. The molecular weight excluding hydrogens is 304 g/mol. The SMILES string of the molecule is O=C(Nc1ccccc1)[C@H]1CCCN(C[C@@H](O)Cn2cccn2)C1. The first-order chi connectivity index (χ1) is 11.7. The number of aliphatic hydroxyl groups is 1. The van der Waals surface area contributed by atoms with E-state index in [9.17, 15) is 9.90 Å². The van der Waals surface area contributed by atoms with Crippen LogP contribution in [0.2, 0.25) is 0 Å². The summed E-state index contributed by atoms with van der Waals surface area (Å²) >= 11 is 0. The van der Waals surface area contributed by atoms with Crippen LogP contribution in [-0.2, 0) is 11.3 Å². The summed E-state index contributed by atoms with van der Waals surface area (Å²) in [5.74, 6) is 0.0309. The van der Waals surface area contributed by atoms with E-state index in [1.807, 2.05) is 42.6 Å². The standard InChI is InChI=1S/C18H24N4O2/c23-17(14-22-11-5-9-19-22)13-21-10-4-6-15(12-21)18(24)20-16-7-2-1-3-8-16/h1-3,5,7-9,11,15,17,23H,4,6,10,12-14H2,(H,20,24)/t15-,17+/m0/s1. The van der Waals surface area contributed by atoms with Gasteiger partial charge in [0.1, 0.15) is 0 Å². The van der Waals surface area contributed by atoms with E-state index in [2.05, 4.69) is 15.3 Å². The number of rotatable bonds is 6. The van der Waals surface area contributed by atoms with E-state index in [-0.39, 0.29) is 11.8 Å². The minimum Gasteiger partial charge on any atom is -0.390 e. The lowest BCUT2D eigenvalue weighted by Gasteiger charge is -2.33. The number of carbonyl (C=O) groups is 1. The Balaban J connectivity index is 1.49. The summed E-state index contributed by atoms with van der Waals surface area (Å²) in [5, 5.41) is 17.3. The van der Waals surface area contributed by atoms with Gasteiger partial charge in [-0.25, -0.2) is 0 Å². The number of hydrogen-bond acceptors (Lipinski definition) is 4. The molecule has 2 N–H and O–H groups in total. The molecule has 24 heavy (non-hydrogen) atoms. The molecule has 1 saturated heterocycles. The molecular formula is C18H24N4O2. The number of hydrogen-bond donors (Lipinski definition) is 2. The van der Waals surface area contributed by atoms with E-state index >= 15 is 0 Å². The topological polar surface area (TPSA) is 70.4 Å². The van der Waals surface area contributed by atoms with Crippen molar-refractivity contribution in [1.29, 1.82) is 0 Å². The summed E-state index contributed by atoms with van der Waals surface area (Å²) in [7, 11) is 0. The highest BCUT2D eigenvalue weighted by Gasteiger charge is 2.27. The number of aromatic nitrogens is 2. The van der Waals surface area contributed by atoms with Gasteiger partial charge in [-0.05, 0) is 37.6 Å². The molecule has 0 radical (unpaired) electrons. The number of nitrogens with one attached hydrogen (secondary N) is 1. The summed E-state index contributed by atoms with van der Waals surface area (Å²) < 4.78 is 1.73. The van der Waals surface area contributed by atoms with Crippen molar-refractivity contribution in [3.63, 3.8) is 0 Å². The van der Waals surface area contributed by atoms with E-state index in [0.29, 0.717) is 19.6 Å². The van der Waals surface area contributed by atoms with Crippen molar-refractivity contribution in [2.75, 3.05) is 25.0 Å². The van der Waals surface area contributed by atoms with Crippen molar-refractivity contribution in [2.45, 2.75) is 25.5 Å². The van der Waals surface area contributed by atoms with Crippen molar-refractivity contribution in [3.05, 3.63) is 48.8 Å². The molecule has 1 aromatic heterocycles. The minimum absolute atomic E-state index is 0.0316. The summed E-state index contributed by atoms with van der Waals surface area (Å²) in [6.45, 7) is 2.65. The second-order valence-electron chi connectivity index (χ2n) is 6.34. The Morgan fingerprint density at radius 2 is 2.12 bits per heavy atom. The Kier molecular flexibility index (Phi) is 5.61. The minimum atomic E-state index is -0.485. The second-order valence-corrected chi connectivity index (χ2v) is 6.34. The molecule has 1 fully saturated rings. The third-order valence-corrected chi connectivity index (χ3v) is 4.34. The van der Waals surface area contributed by atoms with Gasteiger partial charge in [-0.2, -0.15) is 5.10 Å². The number of aliphatic hydroxyl groups excluding tert-OH is 1. The number of amides is 1. The van der Waals surface area contributed by atoms with Crippen molar-refractivity contribution in [2.24, 2.45) is 5.92 Å². The lowest BCUT2D eigenvalue weighted by atomic mass is 9.96. The molecule has 6 nitrogen and oxygen atoms in total. The Morgan fingerprint density at radius 3 is 2.88 bits per heavy atom. The van der Waals surface area contributed by atoms with E-state index in [4.69, 9.17) is 0 Å². The first-order valence-electron chi connectivity index (χ1n) is 8.44. The summed E-state index contributed by atoms with van der Waals surface area (Å²) in [5.41, 5.74) is 0.832. The van der Waals surface area contributed by atoms with Crippen LogP contribution in [0.1, 0.15) is 12.8 Å². The highest BCUT2D eigenvalue weighted by molar-refractivity contribution is 5.92. The molecule has 6 heteroatoms. The number of benzene rings is 1. The van der Waals surface area contributed by atoms with Gasteiger partial charge in [-0.15, -0.1) is 0 Å². The molecule has 1 aliphatic rings. The summed E-state index contributed by atoms with van der Waals surface area (Å²) in [6, 6.07) is 11.4. The maximum atomic E-state index is 12.4. The number of para-hydroxylation sites is 1. The van der Waals surface area contributed by atoms with Crippen LogP contribution in [0.15, 0.2) is 48.8 Å². The third-order valence-electron chi connectivity index (χ3n) is 4.34. The van der Waals surface area contributed by atoms with Crippen LogP contribution < -0.4 is 5.32 Å². The fourth-order valence-electron chi connectivity index (χ4n) is 3.18. The van der Waals surface area contributed by atoms with Crippen LogP contribution in [0.3, 0.4) is 0 Å². The van der Waals surface area contributed by atoms with Crippen molar-refractivity contribution in [3.8, 4) is 0 Å². The molecule has 0 spiro atoms. The van der Waals surface area contributed by atoms with Gasteiger partial charge >= 0.3 is 0 Å². The number of likely N-dealkylation sites (tertiary alicyclic amines) is 1. The maximum Gasteiger partial charge on any atom is 0.228 e. The molecule has 0 saturated carbocycles. The first-order valence-corrected chi connectivity index (χ1v) is 8.44. The van der Waals surface area contributed by atoms with Gasteiger partial charge in [0.25, 0.3) is 0 Å². The van der Waals surface area contributed by atoms with E-state index in [1.54, 1.807) is 10.9 Å². The molecule has 1 aromatic carbocycles. The zero-order valence-electron chi connectivity index (χ0n) is 13.7. The van der Waals surface area contributed by atoms with E-state index in [0.717, 1.165) is 25.1 Å². The predicted molar refractivity (Wildman–Crippen MR) is 92.5 cm³/mol. The molecule has 2 heterocycles. The Morgan fingerprint density at radius 1 is 1.29 bits per heavy atom. The largest absolute Gasteiger partial charge is 0.390 e. The highest BCUT2D eigenvalue weighted by Crippen LogP contribution is 2.19. The normalized spacial score (nSPS) is 19.8. The van der Waals surface area contributed by atoms with Crippen molar-refractivity contribution < 1.29 is 9.90 Å². The van der Waals surface area contributed by atoms with Crippen molar-refractivity contribution in [1.82, 2.24) is 14.7 Å². The maximum absolute atomic E-state index is 12.4. The van der Waals surface area contributed by atoms with Gasteiger partial charge in [0, 0.05) is 31.2 Å². The lowest BCUT2D eigenvalue weighted by Crippen LogP contribution is -2.44. The predicted octanol–water partition coefficient (Wildman–Crippen LogP) is 1.59. The first kappa shape index (κ1) is 16.7. The molecule has 1 amide bonds. The van der Waals surface area contributed by atoms with Crippen LogP contribution >= 0.6 is 0 Å². The van der Waals surface area contributed by atoms with Gasteiger partial charge in [-0.1, -0.05) is 18.2 Å². The fraction of sp³-hybridized carbons (Fsp3) is 0.444. The molecule has 0 bridgehead atoms. The molecule has 3 rings (SSSR count). The summed E-state index contributed by atoms with van der Waals surface area (Å²) in [4.78, 5) is 14.6. The van der Waals surface area contributed by atoms with Gasteiger partial charge in [0.2, 0.25) is 5.91 Å². The van der Waals surface area contributed by atoms with E-state index < -0.39 is 6.10 Å². The van der Waals surface area contributed by atoms with Gasteiger partial charge in [0.15, 0.2) is 0 Å². The second kappa shape index (κ2) is 8.08. The molecule has 0 unspecified atom stereocenters. The van der Waals surface area contributed by atoms with Gasteiger partial charge in [0.05, 0.1) is 18.6 Å². The smallest absolute Gasteiger partial charge is 0.228 e. The van der Waals surface area contributed by atoms with Gasteiger partial charge in [-0.3, -0.25) is 14.4 Å². The molecule has 0 aliphatic carbocycles. The van der Waals surface area contributed by atoms with Crippen LogP contribution in [0.4, 0.5) is 5.69 Å². The third kappa shape index (κ3) is 4.66. The zero-order chi connectivity index (χ0) is 16.8. The molecule has 2 aromatic rings. The number of anilines is 1. The van der Waals surface area contributed by atoms with Crippen LogP contribution in [0.5, 0.6) is 0 Å². The average molecular weight is 328 g/mol. The fourth-order valence-corrected chi connectivity index (χ4v) is 3.18. The van der Waals surface area contributed by atoms with Crippen LogP contribution in [0, 0.1) is 5.92 Å². The van der Waals surface area contributed by atoms with E-state index in [1.165, 1.54) is 0 Å². The summed E-state index contributed by atoms with van der Waals surface area (Å²) in [6.07, 6.45) is 4.93. The molecule has 128 valence electrons. The number of carbonyl (C=O) groups excluding carboxylic acids is 1. The molecule has 2 atom stereocenters. The Hall–Kier alpha value is -2.18. The molecule has 1 aliphatic heterocycles. The Labute approximate surface area is 142 Å². The zero-order valence-corrected chi connectivity index (χ0v) is 13.7. The quantitative estimate of drug-likeness (QED) is 0.845. The van der Waals surface area contributed by atoms with Gasteiger partial charge < -0.3 is 10.4 Å². The highest BCUT2D eigenvalue weighted by atomic mass is 16.3. The number of piperidine rings is 1. The average Bonchev–Trinajstić information content (AvgIpc) is 3.09. The van der Waals surface area contributed by atoms with Crippen LogP contribution in [0.25, 0.3) is 0 Å². The number of β-amino-alcohol motifs (C(OH)–C–C–N with tert-alkyl or cyclic N) is 1. The van der Waals surface area contributed by atoms with Crippen molar-refractivity contribution >= 4 is 11.6 Å².